The second-order valence-electron chi connectivity index (χ2n) is 6.77. The Labute approximate surface area is 151 Å². The Morgan fingerprint density at radius 1 is 1.44 bits per heavy atom. The van der Waals surface area contributed by atoms with Gasteiger partial charge in [-0.2, -0.15) is 5.10 Å². The Morgan fingerprint density at radius 3 is 3.20 bits per heavy atom. The van der Waals surface area contributed by atoms with Gasteiger partial charge in [0.25, 0.3) is 5.91 Å². The molecular weight excluding hydrogens is 332 g/mol. The lowest BCUT2D eigenvalue weighted by molar-refractivity contribution is 0.0929. The normalized spacial score (nSPS) is 15.9. The number of benzene rings is 1. The SMILES string of the molecule is Cc1ccc2[nH]nc(C(=O)NCC(C)N3CCc4sccc4C3)c2c1. The Bertz CT molecular complexity index is 913. The van der Waals surface area contributed by atoms with E-state index in [9.17, 15) is 4.79 Å². The molecule has 2 aromatic heterocycles. The van der Waals surface area contributed by atoms with Gasteiger partial charge in [0.2, 0.25) is 0 Å². The van der Waals surface area contributed by atoms with Crippen LogP contribution in [0.4, 0.5) is 0 Å². The number of aryl methyl sites for hydroxylation is 1. The van der Waals surface area contributed by atoms with Crippen LogP contribution in [0.2, 0.25) is 0 Å². The summed E-state index contributed by atoms with van der Waals surface area (Å²) in [5.41, 5.74) is 3.92. The first-order valence-corrected chi connectivity index (χ1v) is 9.52. The Balaban J connectivity index is 1.40. The predicted octanol–water partition coefficient (Wildman–Crippen LogP) is 3.11. The average Bonchev–Trinajstić information content (AvgIpc) is 3.24. The minimum atomic E-state index is -0.114. The molecule has 2 N–H and O–H groups in total. The smallest absolute Gasteiger partial charge is 0.272 e. The number of H-pyrrole nitrogens is 1. The van der Waals surface area contributed by atoms with Crippen LogP contribution in [0, 0.1) is 6.92 Å². The number of carbonyl (C=O) groups excluding carboxylic acids is 1. The van der Waals surface area contributed by atoms with Crippen molar-refractivity contribution in [3.8, 4) is 0 Å². The van der Waals surface area contributed by atoms with Crippen LogP contribution in [0.5, 0.6) is 0 Å². The van der Waals surface area contributed by atoms with Gasteiger partial charge in [0.15, 0.2) is 5.69 Å². The van der Waals surface area contributed by atoms with E-state index >= 15 is 0 Å². The second kappa shape index (κ2) is 6.61. The Morgan fingerprint density at radius 2 is 2.32 bits per heavy atom. The number of aromatic nitrogens is 2. The number of carbonyl (C=O) groups is 1. The van der Waals surface area contributed by atoms with Crippen molar-refractivity contribution in [3.63, 3.8) is 0 Å². The molecule has 1 aliphatic heterocycles. The second-order valence-corrected chi connectivity index (χ2v) is 7.77. The third kappa shape index (κ3) is 3.19. The number of amides is 1. The summed E-state index contributed by atoms with van der Waals surface area (Å²) in [5, 5.41) is 13.2. The summed E-state index contributed by atoms with van der Waals surface area (Å²) in [4.78, 5) is 16.5. The predicted molar refractivity (Wildman–Crippen MR) is 101 cm³/mol. The van der Waals surface area contributed by atoms with Crippen molar-refractivity contribution >= 4 is 28.1 Å². The van der Waals surface area contributed by atoms with Gasteiger partial charge in [-0.3, -0.25) is 14.8 Å². The van der Waals surface area contributed by atoms with Crippen LogP contribution < -0.4 is 5.32 Å². The lowest BCUT2D eigenvalue weighted by atomic mass is 10.1. The maximum absolute atomic E-state index is 12.6. The topological polar surface area (TPSA) is 61.0 Å². The number of nitrogens with zero attached hydrogens (tertiary/aromatic N) is 2. The summed E-state index contributed by atoms with van der Waals surface area (Å²) in [7, 11) is 0. The van der Waals surface area contributed by atoms with Gasteiger partial charge in [0, 0.05) is 35.9 Å². The van der Waals surface area contributed by atoms with Gasteiger partial charge < -0.3 is 5.32 Å². The highest BCUT2D eigenvalue weighted by Gasteiger charge is 2.22. The molecule has 0 saturated heterocycles. The molecule has 0 spiro atoms. The number of aromatic amines is 1. The summed E-state index contributed by atoms with van der Waals surface area (Å²) in [6.07, 6.45) is 1.11. The van der Waals surface area contributed by atoms with E-state index in [1.54, 1.807) is 0 Å². The van der Waals surface area contributed by atoms with Crippen molar-refractivity contribution in [2.75, 3.05) is 13.1 Å². The summed E-state index contributed by atoms with van der Waals surface area (Å²) in [6, 6.07) is 8.49. The van der Waals surface area contributed by atoms with Gasteiger partial charge in [0.1, 0.15) is 0 Å². The molecule has 0 radical (unpaired) electrons. The molecule has 5 nitrogen and oxygen atoms in total. The Kier molecular flexibility index (Phi) is 4.31. The number of nitrogens with one attached hydrogen (secondary N) is 2. The molecule has 0 fully saturated rings. The molecule has 0 saturated carbocycles. The fraction of sp³-hybridized carbons (Fsp3) is 0.368. The third-order valence-corrected chi connectivity index (χ3v) is 5.97. The maximum Gasteiger partial charge on any atom is 0.272 e. The standard InChI is InChI=1S/C19H22N4OS/c1-12-3-4-16-15(9-12)18(22-21-16)19(24)20-10-13(2)23-7-5-17-14(11-23)6-8-25-17/h3-4,6,8-9,13H,5,7,10-11H2,1-2H3,(H,20,24)(H,21,22). The minimum absolute atomic E-state index is 0.114. The zero-order valence-electron chi connectivity index (χ0n) is 14.5. The van der Waals surface area contributed by atoms with Crippen molar-refractivity contribution in [2.24, 2.45) is 0 Å². The molecule has 0 bridgehead atoms. The molecule has 1 unspecified atom stereocenters. The van der Waals surface area contributed by atoms with E-state index in [4.69, 9.17) is 0 Å². The van der Waals surface area contributed by atoms with Gasteiger partial charge in [-0.15, -0.1) is 11.3 Å². The zero-order chi connectivity index (χ0) is 17.4. The fourth-order valence-corrected chi connectivity index (χ4v) is 4.29. The monoisotopic (exact) mass is 354 g/mol. The van der Waals surface area contributed by atoms with Crippen LogP contribution in [0.25, 0.3) is 10.9 Å². The number of rotatable bonds is 4. The largest absolute Gasteiger partial charge is 0.349 e. The van der Waals surface area contributed by atoms with Crippen LogP contribution in [0.15, 0.2) is 29.6 Å². The maximum atomic E-state index is 12.6. The van der Waals surface area contributed by atoms with Crippen LogP contribution >= 0.6 is 11.3 Å². The summed E-state index contributed by atoms with van der Waals surface area (Å²) < 4.78 is 0. The molecular formula is C19H22N4OS. The molecule has 1 aliphatic rings. The first-order valence-electron chi connectivity index (χ1n) is 8.64. The molecule has 3 heterocycles. The van der Waals surface area contributed by atoms with E-state index in [-0.39, 0.29) is 5.91 Å². The molecule has 25 heavy (non-hydrogen) atoms. The number of hydrogen-bond donors (Lipinski definition) is 2. The van der Waals surface area contributed by atoms with Crippen LogP contribution in [-0.2, 0) is 13.0 Å². The average molecular weight is 354 g/mol. The fourth-order valence-electron chi connectivity index (χ4n) is 3.40. The van der Waals surface area contributed by atoms with Crippen molar-refractivity contribution < 1.29 is 4.79 Å². The van der Waals surface area contributed by atoms with Gasteiger partial charge >= 0.3 is 0 Å². The van der Waals surface area contributed by atoms with Crippen LogP contribution in [0.3, 0.4) is 0 Å². The van der Waals surface area contributed by atoms with E-state index in [1.807, 2.05) is 36.5 Å². The molecule has 4 rings (SSSR count). The van der Waals surface area contributed by atoms with Gasteiger partial charge in [-0.25, -0.2) is 0 Å². The highest BCUT2D eigenvalue weighted by Crippen LogP contribution is 2.25. The number of hydrogen-bond acceptors (Lipinski definition) is 4. The number of thiophene rings is 1. The zero-order valence-corrected chi connectivity index (χ0v) is 15.3. The molecule has 3 aromatic rings. The molecule has 6 heteroatoms. The molecule has 1 aromatic carbocycles. The quantitative estimate of drug-likeness (QED) is 0.757. The summed E-state index contributed by atoms with van der Waals surface area (Å²) in [6.45, 7) is 6.84. The molecule has 1 atom stereocenters. The lowest BCUT2D eigenvalue weighted by Crippen LogP contribution is -2.44. The van der Waals surface area contributed by atoms with Gasteiger partial charge in [0.05, 0.1) is 5.52 Å². The highest BCUT2D eigenvalue weighted by molar-refractivity contribution is 7.10. The first-order chi connectivity index (χ1) is 12.1. The van der Waals surface area contributed by atoms with Crippen LogP contribution in [0.1, 0.15) is 33.4 Å². The van der Waals surface area contributed by atoms with Crippen molar-refractivity contribution in [1.29, 1.82) is 0 Å². The third-order valence-electron chi connectivity index (χ3n) is 4.95. The first kappa shape index (κ1) is 16.3. The summed E-state index contributed by atoms with van der Waals surface area (Å²) >= 11 is 1.85. The van der Waals surface area contributed by atoms with E-state index < -0.39 is 0 Å². The van der Waals surface area contributed by atoms with Gasteiger partial charge in [-0.05, 0) is 49.4 Å². The van der Waals surface area contributed by atoms with E-state index in [1.165, 1.54) is 10.4 Å². The minimum Gasteiger partial charge on any atom is -0.349 e. The molecule has 130 valence electrons. The van der Waals surface area contributed by atoms with Crippen LogP contribution in [-0.4, -0.2) is 40.1 Å². The van der Waals surface area contributed by atoms with Crippen molar-refractivity contribution in [3.05, 3.63) is 51.3 Å². The Hall–Kier alpha value is -2.18. The van der Waals surface area contributed by atoms with E-state index in [0.29, 0.717) is 18.3 Å². The van der Waals surface area contributed by atoms with Gasteiger partial charge in [-0.1, -0.05) is 11.6 Å². The summed E-state index contributed by atoms with van der Waals surface area (Å²) in [5.74, 6) is -0.114. The number of fused-ring (bicyclic) bond motifs is 2. The van der Waals surface area contributed by atoms with E-state index in [0.717, 1.165) is 36.0 Å². The van der Waals surface area contributed by atoms with E-state index in [2.05, 4.69) is 38.8 Å². The lowest BCUT2D eigenvalue weighted by Gasteiger charge is -2.32. The van der Waals surface area contributed by atoms with Crippen molar-refractivity contribution in [2.45, 2.75) is 32.9 Å². The highest BCUT2D eigenvalue weighted by atomic mass is 32.1. The van der Waals surface area contributed by atoms with Crippen molar-refractivity contribution in [1.82, 2.24) is 20.4 Å². The molecule has 0 aliphatic carbocycles. The molecule has 1 amide bonds.